The fourth-order valence-electron chi connectivity index (χ4n) is 3.07. The number of aryl methyl sites for hydroxylation is 1. The minimum atomic E-state index is 0.0838. The largest absolute Gasteiger partial charge is 0.423 e. The Kier molecular flexibility index (Phi) is 3.73. The van der Waals surface area contributed by atoms with Crippen LogP contribution < -0.4 is 4.90 Å². The van der Waals surface area contributed by atoms with Gasteiger partial charge in [0, 0.05) is 32.1 Å². The van der Waals surface area contributed by atoms with E-state index in [-0.39, 0.29) is 6.04 Å². The summed E-state index contributed by atoms with van der Waals surface area (Å²) in [5, 5.41) is 13.2. The maximum atomic E-state index is 9.32. The number of oxazole rings is 1. The Balaban J connectivity index is 1.43. The lowest BCUT2D eigenvalue weighted by molar-refractivity contribution is 0.162. The maximum Gasteiger partial charge on any atom is 0.243 e. The van der Waals surface area contributed by atoms with Gasteiger partial charge in [-0.05, 0) is 26.7 Å². The molecule has 0 bridgehead atoms. The standard InChI is InChI=1S/C16H20N6O2/c1-10(14-18-11(2)20-24-14)21-5-7-22(8-6-21)16-13(9-17)19-15(23-16)12-3-4-12/h10,12H,3-8H2,1-2H3. The normalized spacial score (nSPS) is 20.1. The summed E-state index contributed by atoms with van der Waals surface area (Å²) in [6, 6.07) is 2.25. The van der Waals surface area contributed by atoms with Gasteiger partial charge in [0.25, 0.3) is 0 Å². The van der Waals surface area contributed by atoms with E-state index in [4.69, 9.17) is 8.94 Å². The molecule has 1 saturated heterocycles. The summed E-state index contributed by atoms with van der Waals surface area (Å²) in [5.41, 5.74) is 0.408. The van der Waals surface area contributed by atoms with Crippen molar-refractivity contribution in [1.82, 2.24) is 20.0 Å². The Labute approximate surface area is 140 Å². The monoisotopic (exact) mass is 328 g/mol. The minimum Gasteiger partial charge on any atom is -0.423 e. The first-order valence-corrected chi connectivity index (χ1v) is 8.35. The Morgan fingerprint density at radius 2 is 1.96 bits per heavy atom. The van der Waals surface area contributed by atoms with Crippen molar-refractivity contribution >= 4 is 5.88 Å². The highest BCUT2D eigenvalue weighted by Crippen LogP contribution is 2.41. The van der Waals surface area contributed by atoms with E-state index in [1.807, 2.05) is 6.92 Å². The molecule has 1 aliphatic heterocycles. The highest BCUT2D eigenvalue weighted by atomic mass is 16.5. The maximum absolute atomic E-state index is 9.32. The topological polar surface area (TPSA) is 95.2 Å². The summed E-state index contributed by atoms with van der Waals surface area (Å²) in [7, 11) is 0. The number of hydrogen-bond donors (Lipinski definition) is 0. The van der Waals surface area contributed by atoms with Gasteiger partial charge in [-0.25, -0.2) is 4.98 Å². The molecule has 0 N–H and O–H groups in total. The van der Waals surface area contributed by atoms with Gasteiger partial charge in [0.05, 0.1) is 6.04 Å². The molecular formula is C16H20N6O2. The lowest BCUT2D eigenvalue weighted by Gasteiger charge is -2.36. The lowest BCUT2D eigenvalue weighted by Crippen LogP contribution is -2.47. The number of nitrogens with zero attached hydrogens (tertiary/aromatic N) is 6. The molecule has 4 rings (SSSR count). The molecule has 8 heteroatoms. The van der Waals surface area contributed by atoms with Gasteiger partial charge in [-0.3, -0.25) is 4.90 Å². The molecule has 126 valence electrons. The molecule has 0 aromatic carbocycles. The third kappa shape index (κ3) is 2.76. The summed E-state index contributed by atoms with van der Waals surface area (Å²) >= 11 is 0. The Bertz CT molecular complexity index is 764. The van der Waals surface area contributed by atoms with Crippen LogP contribution >= 0.6 is 0 Å². The average molecular weight is 328 g/mol. The van der Waals surface area contributed by atoms with E-state index in [1.54, 1.807) is 0 Å². The molecule has 1 atom stereocenters. The molecule has 0 radical (unpaired) electrons. The van der Waals surface area contributed by atoms with Crippen LogP contribution in [0, 0.1) is 18.3 Å². The third-order valence-electron chi connectivity index (χ3n) is 4.71. The molecule has 1 saturated carbocycles. The first-order chi connectivity index (χ1) is 11.7. The molecule has 0 spiro atoms. The van der Waals surface area contributed by atoms with Crippen molar-refractivity contribution in [3.05, 3.63) is 23.3 Å². The zero-order chi connectivity index (χ0) is 16.7. The van der Waals surface area contributed by atoms with Gasteiger partial charge in [0.1, 0.15) is 6.07 Å². The van der Waals surface area contributed by atoms with Gasteiger partial charge in [-0.15, -0.1) is 0 Å². The summed E-state index contributed by atoms with van der Waals surface area (Å²) in [6.45, 7) is 7.14. The van der Waals surface area contributed by atoms with Crippen LogP contribution in [0.5, 0.6) is 0 Å². The van der Waals surface area contributed by atoms with Crippen LogP contribution in [0.2, 0.25) is 0 Å². The van der Waals surface area contributed by atoms with Crippen LogP contribution in [0.1, 0.15) is 55.0 Å². The van der Waals surface area contributed by atoms with E-state index in [1.165, 1.54) is 0 Å². The predicted octanol–water partition coefficient (Wildman–Crippen LogP) is 2.00. The van der Waals surface area contributed by atoms with Crippen molar-refractivity contribution in [2.75, 3.05) is 31.1 Å². The zero-order valence-electron chi connectivity index (χ0n) is 13.9. The van der Waals surface area contributed by atoms with Crippen molar-refractivity contribution in [3.8, 4) is 6.07 Å². The molecule has 8 nitrogen and oxygen atoms in total. The number of rotatable bonds is 4. The molecule has 24 heavy (non-hydrogen) atoms. The average Bonchev–Trinajstić information content (AvgIpc) is 3.22. The van der Waals surface area contributed by atoms with Gasteiger partial charge in [0.2, 0.25) is 23.4 Å². The number of aromatic nitrogens is 3. The summed E-state index contributed by atoms with van der Waals surface area (Å²) in [5.74, 6) is 3.06. The fraction of sp³-hybridized carbons (Fsp3) is 0.625. The molecule has 2 aromatic rings. The lowest BCUT2D eigenvalue weighted by atomic mass is 10.2. The number of hydrogen-bond acceptors (Lipinski definition) is 8. The Morgan fingerprint density at radius 3 is 2.54 bits per heavy atom. The zero-order valence-corrected chi connectivity index (χ0v) is 13.9. The summed E-state index contributed by atoms with van der Waals surface area (Å²) < 4.78 is 11.2. The first kappa shape index (κ1) is 15.1. The second kappa shape index (κ2) is 5.91. The quantitative estimate of drug-likeness (QED) is 0.841. The van der Waals surface area contributed by atoms with E-state index >= 15 is 0 Å². The number of piperazine rings is 1. The van der Waals surface area contributed by atoms with E-state index in [2.05, 4.69) is 37.9 Å². The van der Waals surface area contributed by atoms with E-state index < -0.39 is 0 Å². The van der Waals surface area contributed by atoms with Gasteiger partial charge in [-0.2, -0.15) is 10.2 Å². The fourth-order valence-corrected chi connectivity index (χ4v) is 3.07. The smallest absolute Gasteiger partial charge is 0.243 e. The highest BCUT2D eigenvalue weighted by molar-refractivity contribution is 5.48. The second-order valence-corrected chi connectivity index (χ2v) is 6.47. The molecule has 0 amide bonds. The first-order valence-electron chi connectivity index (χ1n) is 8.35. The predicted molar refractivity (Wildman–Crippen MR) is 84.4 cm³/mol. The van der Waals surface area contributed by atoms with Gasteiger partial charge in [0.15, 0.2) is 5.82 Å². The number of nitriles is 1. The molecule has 2 aliphatic rings. The summed E-state index contributed by atoms with van der Waals surface area (Å²) in [6.07, 6.45) is 2.22. The van der Waals surface area contributed by atoms with Crippen LogP contribution in [0.15, 0.2) is 8.94 Å². The van der Waals surface area contributed by atoms with Crippen LogP contribution in [0.4, 0.5) is 5.88 Å². The van der Waals surface area contributed by atoms with Gasteiger partial charge >= 0.3 is 0 Å². The minimum absolute atomic E-state index is 0.0838. The molecule has 3 heterocycles. The molecule has 2 aromatic heterocycles. The van der Waals surface area contributed by atoms with Crippen molar-refractivity contribution in [2.45, 2.75) is 38.6 Å². The SMILES string of the molecule is Cc1noc(C(C)N2CCN(c3oc(C4CC4)nc3C#N)CC2)n1. The van der Waals surface area contributed by atoms with Crippen molar-refractivity contribution in [2.24, 2.45) is 0 Å². The Hall–Kier alpha value is -2.40. The molecule has 1 unspecified atom stereocenters. The van der Waals surface area contributed by atoms with Gasteiger partial charge < -0.3 is 13.8 Å². The van der Waals surface area contributed by atoms with Crippen molar-refractivity contribution < 1.29 is 8.94 Å². The van der Waals surface area contributed by atoms with E-state index in [0.717, 1.165) is 44.9 Å². The van der Waals surface area contributed by atoms with Crippen molar-refractivity contribution in [1.29, 1.82) is 5.26 Å². The van der Waals surface area contributed by atoms with Crippen LogP contribution in [-0.4, -0.2) is 46.2 Å². The van der Waals surface area contributed by atoms with Crippen molar-refractivity contribution in [3.63, 3.8) is 0 Å². The van der Waals surface area contributed by atoms with Crippen LogP contribution in [0.25, 0.3) is 0 Å². The number of anilines is 1. The molecule has 2 fully saturated rings. The second-order valence-electron chi connectivity index (χ2n) is 6.47. The van der Waals surface area contributed by atoms with Gasteiger partial charge in [-0.1, -0.05) is 5.16 Å². The molecular weight excluding hydrogens is 308 g/mol. The third-order valence-corrected chi connectivity index (χ3v) is 4.71. The van der Waals surface area contributed by atoms with E-state index in [0.29, 0.717) is 29.2 Å². The van der Waals surface area contributed by atoms with E-state index in [9.17, 15) is 5.26 Å². The van der Waals surface area contributed by atoms with Crippen LogP contribution in [0.3, 0.4) is 0 Å². The summed E-state index contributed by atoms with van der Waals surface area (Å²) in [4.78, 5) is 13.1. The molecule has 1 aliphatic carbocycles. The van der Waals surface area contributed by atoms with Crippen LogP contribution in [-0.2, 0) is 0 Å². The highest BCUT2D eigenvalue weighted by Gasteiger charge is 2.33. The Morgan fingerprint density at radius 1 is 1.21 bits per heavy atom.